The largest absolute Gasteiger partial charge is 0.301 e. The normalized spacial score (nSPS) is 12.9. The summed E-state index contributed by atoms with van der Waals surface area (Å²) in [5.41, 5.74) is 0.650. The Morgan fingerprint density at radius 2 is 1.77 bits per heavy atom. The number of aromatic nitrogens is 1. The first-order valence-electron chi connectivity index (χ1n) is 7.74. The van der Waals surface area contributed by atoms with Gasteiger partial charge in [0.2, 0.25) is 5.91 Å². The number of hydrogen-bond donors (Lipinski definition) is 1. The van der Waals surface area contributed by atoms with E-state index in [1.165, 1.54) is 43.4 Å². The van der Waals surface area contributed by atoms with Gasteiger partial charge in [-0.15, -0.1) is 11.3 Å². The van der Waals surface area contributed by atoms with Crippen molar-refractivity contribution in [2.45, 2.75) is 49.7 Å². The molecule has 0 saturated heterocycles. The summed E-state index contributed by atoms with van der Waals surface area (Å²) in [6.07, 6.45) is 0. The molecule has 1 amide bonds. The second-order valence-corrected chi connectivity index (χ2v) is 11.5. The third kappa shape index (κ3) is 4.06. The molecule has 1 aromatic heterocycles. The van der Waals surface area contributed by atoms with E-state index in [1.54, 1.807) is 0 Å². The van der Waals surface area contributed by atoms with Crippen molar-refractivity contribution in [2.24, 2.45) is 0 Å². The Bertz CT molecular complexity index is 945. The number of sulfone groups is 1. The third-order valence-electron chi connectivity index (χ3n) is 3.90. The summed E-state index contributed by atoms with van der Waals surface area (Å²) < 4.78 is 24.2. The maximum atomic E-state index is 13.0. The molecule has 9 heteroatoms. The lowest BCUT2D eigenvalue weighted by Gasteiger charge is -2.24. The van der Waals surface area contributed by atoms with Gasteiger partial charge in [-0.05, 0) is 32.0 Å². The predicted molar refractivity (Wildman–Crippen MR) is 107 cm³/mol. The number of amides is 1. The molecule has 0 saturated carbocycles. The maximum absolute atomic E-state index is 13.0. The quantitative estimate of drug-likeness (QED) is 0.738. The lowest BCUT2D eigenvalue weighted by Crippen LogP contribution is -2.44. The standard InChI is InChI=1S/C17H20Cl2N2O3S2/c1-16(2,3)13-9-25-15(20-13)21-14(22)17(4,5)26(23,24)12-7-6-10(18)8-11(12)19/h6-9H,1-5H3,(H,20,21,22). The zero-order chi connectivity index (χ0) is 19.9. The Balaban J connectivity index is 2.33. The van der Waals surface area contributed by atoms with Gasteiger partial charge in [-0.1, -0.05) is 44.0 Å². The Morgan fingerprint density at radius 1 is 1.15 bits per heavy atom. The minimum atomic E-state index is -4.05. The van der Waals surface area contributed by atoms with E-state index in [1.807, 2.05) is 26.2 Å². The second kappa shape index (κ2) is 7.11. The minimum Gasteiger partial charge on any atom is -0.301 e. The maximum Gasteiger partial charge on any atom is 0.247 e. The van der Waals surface area contributed by atoms with E-state index in [2.05, 4.69) is 10.3 Å². The molecule has 0 bridgehead atoms. The van der Waals surface area contributed by atoms with E-state index < -0.39 is 20.5 Å². The van der Waals surface area contributed by atoms with Gasteiger partial charge < -0.3 is 5.32 Å². The number of nitrogens with one attached hydrogen (secondary N) is 1. The first kappa shape index (κ1) is 21.2. The van der Waals surface area contributed by atoms with Gasteiger partial charge in [0.15, 0.2) is 15.0 Å². The molecule has 2 aromatic rings. The molecule has 142 valence electrons. The van der Waals surface area contributed by atoms with Gasteiger partial charge in [-0.3, -0.25) is 4.79 Å². The van der Waals surface area contributed by atoms with Crippen molar-refractivity contribution in [1.29, 1.82) is 0 Å². The molecule has 1 heterocycles. The highest BCUT2D eigenvalue weighted by molar-refractivity contribution is 7.93. The molecule has 0 aliphatic heterocycles. The van der Waals surface area contributed by atoms with Crippen LogP contribution < -0.4 is 5.32 Å². The van der Waals surface area contributed by atoms with E-state index >= 15 is 0 Å². The van der Waals surface area contributed by atoms with E-state index in [-0.39, 0.29) is 15.3 Å². The molecule has 26 heavy (non-hydrogen) atoms. The molecule has 0 atom stereocenters. The number of carbonyl (C=O) groups excluding carboxylic acids is 1. The fourth-order valence-electron chi connectivity index (χ4n) is 2.01. The average molecular weight is 435 g/mol. The molecule has 0 spiro atoms. The van der Waals surface area contributed by atoms with Crippen molar-refractivity contribution in [3.05, 3.63) is 39.3 Å². The summed E-state index contributed by atoms with van der Waals surface area (Å²) in [5, 5.41) is 5.08. The first-order valence-corrected chi connectivity index (χ1v) is 10.9. The molecule has 1 aromatic carbocycles. The highest BCUT2D eigenvalue weighted by Crippen LogP contribution is 2.34. The van der Waals surface area contributed by atoms with Crippen LogP contribution >= 0.6 is 34.5 Å². The van der Waals surface area contributed by atoms with Gasteiger partial charge in [-0.25, -0.2) is 13.4 Å². The van der Waals surface area contributed by atoms with Gasteiger partial charge in [0.1, 0.15) is 4.75 Å². The number of rotatable bonds is 4. The number of thiazole rings is 1. The fourth-order valence-corrected chi connectivity index (χ4v) is 5.07. The van der Waals surface area contributed by atoms with Gasteiger partial charge in [-0.2, -0.15) is 0 Å². The Kier molecular flexibility index (Phi) is 5.78. The summed E-state index contributed by atoms with van der Waals surface area (Å²) in [6.45, 7) is 8.68. The number of halogens is 2. The summed E-state index contributed by atoms with van der Waals surface area (Å²) in [4.78, 5) is 16.9. The van der Waals surface area contributed by atoms with Crippen LogP contribution in [0.1, 0.15) is 40.3 Å². The topological polar surface area (TPSA) is 76.1 Å². The fraction of sp³-hybridized carbons (Fsp3) is 0.412. The van der Waals surface area contributed by atoms with Gasteiger partial charge in [0.05, 0.1) is 15.6 Å². The monoisotopic (exact) mass is 434 g/mol. The van der Waals surface area contributed by atoms with Gasteiger partial charge in [0, 0.05) is 15.8 Å². The predicted octanol–water partition coefficient (Wildman–Crippen LogP) is 4.94. The highest BCUT2D eigenvalue weighted by Gasteiger charge is 2.44. The zero-order valence-electron chi connectivity index (χ0n) is 15.1. The Labute approximate surface area is 167 Å². The molecule has 5 nitrogen and oxygen atoms in total. The SMILES string of the molecule is CC(C)(C)c1csc(NC(=O)C(C)(C)S(=O)(=O)c2ccc(Cl)cc2Cl)n1. The summed E-state index contributed by atoms with van der Waals surface area (Å²) in [6, 6.07) is 4.06. The molecule has 2 rings (SSSR count). The van der Waals surface area contributed by atoms with Crippen LogP contribution in [-0.2, 0) is 20.0 Å². The summed E-state index contributed by atoms with van der Waals surface area (Å²) >= 11 is 13.1. The van der Waals surface area contributed by atoms with Crippen LogP contribution in [0.5, 0.6) is 0 Å². The summed E-state index contributed by atoms with van der Waals surface area (Å²) in [5.74, 6) is -0.682. The molecular weight excluding hydrogens is 415 g/mol. The van der Waals surface area contributed by atoms with Crippen LogP contribution in [0.3, 0.4) is 0 Å². The van der Waals surface area contributed by atoms with Crippen LogP contribution in [0.15, 0.2) is 28.5 Å². The minimum absolute atomic E-state index is 0.0253. The van der Waals surface area contributed by atoms with Crippen LogP contribution in [0.2, 0.25) is 10.0 Å². The number of benzene rings is 1. The van der Waals surface area contributed by atoms with Crippen LogP contribution in [-0.4, -0.2) is 24.1 Å². The lowest BCUT2D eigenvalue weighted by atomic mass is 9.93. The van der Waals surface area contributed by atoms with Crippen molar-refractivity contribution in [3.63, 3.8) is 0 Å². The van der Waals surface area contributed by atoms with E-state index in [0.717, 1.165) is 5.69 Å². The Morgan fingerprint density at radius 3 is 2.27 bits per heavy atom. The molecule has 0 fully saturated rings. The number of carbonyl (C=O) groups is 1. The Hall–Kier alpha value is -1.15. The third-order valence-corrected chi connectivity index (χ3v) is 7.78. The van der Waals surface area contributed by atoms with E-state index in [0.29, 0.717) is 10.2 Å². The molecule has 0 unspecified atom stereocenters. The van der Waals surface area contributed by atoms with E-state index in [9.17, 15) is 13.2 Å². The molecule has 0 radical (unpaired) electrons. The van der Waals surface area contributed by atoms with Crippen LogP contribution in [0.4, 0.5) is 5.13 Å². The van der Waals surface area contributed by atoms with Crippen LogP contribution in [0, 0.1) is 0 Å². The van der Waals surface area contributed by atoms with Crippen molar-refractivity contribution < 1.29 is 13.2 Å². The summed E-state index contributed by atoms with van der Waals surface area (Å²) in [7, 11) is -4.05. The van der Waals surface area contributed by atoms with Crippen LogP contribution in [0.25, 0.3) is 0 Å². The second-order valence-electron chi connectivity index (χ2n) is 7.33. The van der Waals surface area contributed by atoms with Gasteiger partial charge >= 0.3 is 0 Å². The lowest BCUT2D eigenvalue weighted by molar-refractivity contribution is -0.117. The highest BCUT2D eigenvalue weighted by atomic mass is 35.5. The number of hydrogen-bond acceptors (Lipinski definition) is 5. The molecule has 0 aliphatic carbocycles. The number of anilines is 1. The molecular formula is C17H20Cl2N2O3S2. The first-order chi connectivity index (χ1) is 11.8. The van der Waals surface area contributed by atoms with Crippen molar-refractivity contribution in [1.82, 2.24) is 4.98 Å². The number of nitrogens with zero attached hydrogens (tertiary/aromatic N) is 1. The van der Waals surface area contributed by atoms with Crippen molar-refractivity contribution >= 4 is 55.4 Å². The smallest absolute Gasteiger partial charge is 0.247 e. The van der Waals surface area contributed by atoms with Crippen molar-refractivity contribution in [3.8, 4) is 0 Å². The van der Waals surface area contributed by atoms with Crippen molar-refractivity contribution in [2.75, 3.05) is 5.32 Å². The average Bonchev–Trinajstić information content (AvgIpc) is 2.95. The molecule has 0 aliphatic rings. The zero-order valence-corrected chi connectivity index (χ0v) is 18.2. The van der Waals surface area contributed by atoms with Gasteiger partial charge in [0.25, 0.3) is 0 Å². The van der Waals surface area contributed by atoms with E-state index in [4.69, 9.17) is 23.2 Å². The molecule has 1 N–H and O–H groups in total.